The van der Waals surface area contributed by atoms with Gasteiger partial charge in [0.1, 0.15) is 18.9 Å². The third-order valence-corrected chi connectivity index (χ3v) is 11.8. The van der Waals surface area contributed by atoms with Gasteiger partial charge in [-0.3, -0.25) is 4.79 Å². The molecule has 1 aliphatic heterocycles. The van der Waals surface area contributed by atoms with Gasteiger partial charge < -0.3 is 20.2 Å². The average molecular weight is 770 g/mol. The molecule has 0 bridgehead atoms. The Bertz CT molecular complexity index is 1980. The van der Waals surface area contributed by atoms with Crippen LogP contribution >= 0.6 is 0 Å². The number of nitroso groups, excluding NO2 is 1. The molecule has 1 aromatic heterocycles. The third kappa shape index (κ3) is 10.6. The second-order valence-corrected chi connectivity index (χ2v) is 16.5. The largest absolute Gasteiger partial charge is 0.390 e. The van der Waals surface area contributed by atoms with Crippen LogP contribution in [0, 0.1) is 16.7 Å². The van der Waals surface area contributed by atoms with Crippen LogP contribution in [0.3, 0.4) is 0 Å². The molecule has 14 heteroatoms. The number of urea groups is 1. The predicted octanol–water partition coefficient (Wildman–Crippen LogP) is 5.50. The first-order valence-electron chi connectivity index (χ1n) is 18.7. The van der Waals surface area contributed by atoms with Gasteiger partial charge in [-0.1, -0.05) is 100.0 Å². The van der Waals surface area contributed by atoms with E-state index in [0.717, 1.165) is 22.4 Å². The number of hydrogen-bond donors (Lipinski definition) is 2. The summed E-state index contributed by atoms with van der Waals surface area (Å²) in [4.78, 5) is 50.8. The molecule has 0 radical (unpaired) electrons. The van der Waals surface area contributed by atoms with Gasteiger partial charge in [0.15, 0.2) is 0 Å². The lowest BCUT2D eigenvalue weighted by molar-refractivity contribution is -0.128. The zero-order valence-corrected chi connectivity index (χ0v) is 32.7. The molecule has 0 unspecified atom stereocenters. The highest BCUT2D eigenvalue weighted by atomic mass is 32.2. The summed E-state index contributed by atoms with van der Waals surface area (Å²) in [7, 11) is -4.08. The molecule has 3 amide bonds. The molecule has 4 aromatic rings. The molecule has 4 atom stereocenters. The van der Waals surface area contributed by atoms with Crippen LogP contribution in [-0.2, 0) is 34.3 Å². The first-order valence-corrected chi connectivity index (χ1v) is 20.2. The Morgan fingerprint density at radius 2 is 1.67 bits per heavy atom. The number of carbonyl (C=O) groups excluding carboxylic acids is 2. The highest BCUT2D eigenvalue weighted by molar-refractivity contribution is 7.89. The van der Waals surface area contributed by atoms with Crippen LogP contribution in [0.25, 0.3) is 11.3 Å². The summed E-state index contributed by atoms with van der Waals surface area (Å²) in [5.41, 5.74) is 4.04. The molecule has 1 aliphatic rings. The molecule has 0 saturated carbocycles. The van der Waals surface area contributed by atoms with Crippen molar-refractivity contribution in [3.8, 4) is 11.3 Å². The van der Waals surface area contributed by atoms with Crippen molar-refractivity contribution in [3.05, 3.63) is 119 Å². The number of sulfonamides is 1. The van der Waals surface area contributed by atoms with E-state index in [2.05, 4.69) is 20.5 Å². The van der Waals surface area contributed by atoms with Crippen LogP contribution in [0.1, 0.15) is 50.8 Å². The van der Waals surface area contributed by atoms with Gasteiger partial charge >= 0.3 is 6.03 Å². The Hall–Kier alpha value is -5.05. The molecular weight excluding hydrogens is 719 g/mol. The minimum Gasteiger partial charge on any atom is -0.390 e. The van der Waals surface area contributed by atoms with E-state index in [0.29, 0.717) is 31.6 Å². The summed E-state index contributed by atoms with van der Waals surface area (Å²) in [6.07, 6.45) is 2.72. The van der Waals surface area contributed by atoms with Gasteiger partial charge in [-0.05, 0) is 59.2 Å². The third-order valence-electron chi connectivity index (χ3n) is 9.95. The van der Waals surface area contributed by atoms with Gasteiger partial charge in [-0.2, -0.15) is 9.21 Å². The highest BCUT2D eigenvalue weighted by Gasteiger charge is 2.41. The fourth-order valence-corrected chi connectivity index (χ4v) is 8.49. The number of nitrogens with zero attached hydrogens (tertiary/aromatic N) is 6. The van der Waals surface area contributed by atoms with Crippen LogP contribution in [0.2, 0.25) is 0 Å². The Balaban J connectivity index is 1.36. The molecule has 0 spiro atoms. The van der Waals surface area contributed by atoms with Gasteiger partial charge in [0.25, 0.3) is 0 Å². The normalized spacial score (nSPS) is 15.6. The van der Waals surface area contributed by atoms with Crippen molar-refractivity contribution in [2.24, 2.45) is 17.0 Å². The van der Waals surface area contributed by atoms with Crippen molar-refractivity contribution in [3.63, 3.8) is 0 Å². The molecule has 1 fully saturated rings. The fourth-order valence-electron chi connectivity index (χ4n) is 6.87. The second kappa shape index (κ2) is 19.0. The van der Waals surface area contributed by atoms with E-state index in [1.54, 1.807) is 28.1 Å². The van der Waals surface area contributed by atoms with Gasteiger partial charge in [0.2, 0.25) is 15.9 Å². The van der Waals surface area contributed by atoms with Crippen molar-refractivity contribution in [2.75, 3.05) is 26.2 Å². The fraction of sp³-hybridized carbons (Fsp3) is 0.415. The number of nitrogens with one attached hydrogen (secondary N) is 1. The summed E-state index contributed by atoms with van der Waals surface area (Å²) in [6.45, 7) is 8.58. The summed E-state index contributed by atoms with van der Waals surface area (Å²) < 4.78 is 29.2. The Kier molecular flexibility index (Phi) is 14.2. The number of benzene rings is 3. The van der Waals surface area contributed by atoms with Crippen molar-refractivity contribution in [2.45, 2.75) is 76.7 Å². The maximum atomic E-state index is 14.4. The SMILES string of the molecule is CC[C@H](C)[C@@H](C(=O)N[C@@H](Cc1ccccc1)[C@H](O)CN(CC(C)C)S(=O)(=O)c1ccc(CN=O)cc1)N1CCN(Cc2cccc(-c3ccncn3)c2)C1=O. The minimum absolute atomic E-state index is 0.0216. The van der Waals surface area contributed by atoms with Gasteiger partial charge in [0.05, 0.1) is 22.7 Å². The number of aliphatic hydroxyl groups excluding tert-OH is 1. The van der Waals surface area contributed by atoms with Crippen molar-refractivity contribution in [1.29, 1.82) is 0 Å². The van der Waals surface area contributed by atoms with E-state index < -0.39 is 34.1 Å². The lowest BCUT2D eigenvalue weighted by Crippen LogP contribution is -2.57. The van der Waals surface area contributed by atoms with E-state index in [1.807, 2.05) is 88.4 Å². The van der Waals surface area contributed by atoms with E-state index in [-0.39, 0.29) is 48.8 Å². The van der Waals surface area contributed by atoms with E-state index in [1.165, 1.54) is 22.8 Å². The van der Waals surface area contributed by atoms with E-state index in [9.17, 15) is 28.0 Å². The topological polar surface area (TPSA) is 165 Å². The van der Waals surface area contributed by atoms with Crippen LogP contribution in [-0.4, -0.2) is 93.9 Å². The van der Waals surface area contributed by atoms with Crippen LogP contribution < -0.4 is 5.32 Å². The molecule has 2 N–H and O–H groups in total. The molecule has 0 aliphatic carbocycles. The van der Waals surface area contributed by atoms with Gasteiger partial charge in [-0.15, -0.1) is 0 Å². The number of carbonyl (C=O) groups is 2. The van der Waals surface area contributed by atoms with Gasteiger partial charge in [-0.25, -0.2) is 23.2 Å². The zero-order valence-electron chi connectivity index (χ0n) is 31.9. The summed E-state index contributed by atoms with van der Waals surface area (Å²) in [6, 6.07) is 23.0. The number of aromatic nitrogens is 2. The smallest absolute Gasteiger partial charge is 0.321 e. The number of rotatable bonds is 19. The molecule has 292 valence electrons. The van der Waals surface area contributed by atoms with E-state index >= 15 is 0 Å². The maximum Gasteiger partial charge on any atom is 0.321 e. The van der Waals surface area contributed by atoms with Crippen LogP contribution in [0.15, 0.2) is 108 Å². The first kappa shape index (κ1) is 41.1. The summed E-state index contributed by atoms with van der Waals surface area (Å²) in [5, 5.41) is 17.8. The number of hydrogen-bond acceptors (Lipinski definition) is 9. The second-order valence-electron chi connectivity index (χ2n) is 14.5. The van der Waals surface area contributed by atoms with Gasteiger partial charge in [0, 0.05) is 44.5 Å². The van der Waals surface area contributed by atoms with Crippen molar-refractivity contribution >= 4 is 22.0 Å². The first-order chi connectivity index (χ1) is 26.4. The van der Waals surface area contributed by atoms with Crippen molar-refractivity contribution in [1.82, 2.24) is 29.4 Å². The Morgan fingerprint density at radius 3 is 2.33 bits per heavy atom. The Morgan fingerprint density at radius 1 is 0.945 bits per heavy atom. The molecule has 3 aromatic carbocycles. The lowest BCUT2D eigenvalue weighted by Gasteiger charge is -2.35. The maximum absolute atomic E-state index is 14.4. The molecule has 13 nitrogen and oxygen atoms in total. The highest BCUT2D eigenvalue weighted by Crippen LogP contribution is 2.25. The molecular formula is C41H51N7O6S. The van der Waals surface area contributed by atoms with E-state index in [4.69, 9.17) is 0 Å². The standard InChI is InChI=1S/C41H51N7O6S/c1-5-30(4)39(48-21-20-46(41(48)51)26-33-12-9-13-34(22-33)36-18-19-42-28-43-36)40(50)45-37(23-31-10-7-6-8-11-31)38(49)27-47(25-29(2)3)55(53,54)35-16-14-32(15-17-35)24-44-52/h6-19,22,28-30,37-39,49H,5,20-21,23-27H2,1-4H3,(H,45,50)/t30-,37-,38+,39-/m0/s1. The lowest BCUT2D eigenvalue weighted by atomic mass is 9.95. The average Bonchev–Trinajstić information content (AvgIpc) is 3.53. The molecule has 1 saturated heterocycles. The quantitative estimate of drug-likeness (QED) is 0.118. The van der Waals surface area contributed by atoms with Crippen molar-refractivity contribution < 1.29 is 23.1 Å². The summed E-state index contributed by atoms with van der Waals surface area (Å²) >= 11 is 0. The number of aliphatic hydroxyl groups is 1. The predicted molar refractivity (Wildman–Crippen MR) is 211 cm³/mol. The molecule has 55 heavy (non-hydrogen) atoms. The Labute approximate surface area is 323 Å². The van der Waals surface area contributed by atoms with Crippen LogP contribution in [0.4, 0.5) is 4.79 Å². The molecule has 2 heterocycles. The minimum atomic E-state index is -4.08. The van der Waals surface area contributed by atoms with Crippen LogP contribution in [0.5, 0.6) is 0 Å². The number of amides is 3. The zero-order chi connectivity index (χ0) is 39.5. The summed E-state index contributed by atoms with van der Waals surface area (Å²) in [5.74, 6) is -0.695. The molecule has 5 rings (SSSR count). The monoisotopic (exact) mass is 769 g/mol.